The monoisotopic (exact) mass is 503 g/mol. The van der Waals surface area contributed by atoms with Gasteiger partial charge in [0.05, 0.1) is 25.5 Å². The zero-order chi connectivity index (χ0) is 17.8. The first-order valence-electron chi connectivity index (χ1n) is 7.93. The number of nitrogens with one attached hydrogen (secondary N) is 2. The van der Waals surface area contributed by atoms with Crippen LogP contribution in [0.3, 0.4) is 0 Å². The first-order valence-corrected chi connectivity index (χ1v) is 10.4. The molecule has 1 rings (SSSR count). The molecule has 0 saturated carbocycles. The Kier molecular flexibility index (Phi) is 13.3. The normalized spacial score (nSPS) is 11.7. The average molecular weight is 504 g/mol. The Morgan fingerprint density at radius 2 is 1.88 bits per heavy atom. The highest BCUT2D eigenvalue weighted by molar-refractivity contribution is 14.0. The van der Waals surface area contributed by atoms with Crippen molar-refractivity contribution >= 4 is 51.4 Å². The van der Waals surface area contributed by atoms with Gasteiger partial charge in [0.15, 0.2) is 5.96 Å². The van der Waals surface area contributed by atoms with Crippen molar-refractivity contribution < 1.29 is 13.2 Å². The maximum Gasteiger partial charge on any atom is 0.191 e. The van der Waals surface area contributed by atoms with Crippen LogP contribution in [0.1, 0.15) is 12.5 Å². The highest BCUT2D eigenvalue weighted by Gasteiger charge is 2.01. The van der Waals surface area contributed by atoms with Crippen LogP contribution in [0, 0.1) is 0 Å². The van der Waals surface area contributed by atoms with Gasteiger partial charge in [-0.3, -0.25) is 4.99 Å². The van der Waals surface area contributed by atoms with Crippen LogP contribution in [0.4, 0.5) is 0 Å². The lowest BCUT2D eigenvalue weighted by atomic mass is 10.1. The van der Waals surface area contributed by atoms with E-state index in [0.29, 0.717) is 13.2 Å². The quantitative estimate of drug-likeness (QED) is 0.221. The Labute approximate surface area is 172 Å². The number of hydrogen-bond donors (Lipinski definition) is 2. The van der Waals surface area contributed by atoms with Gasteiger partial charge in [0, 0.05) is 24.4 Å². The molecule has 0 unspecified atom stereocenters. The van der Waals surface area contributed by atoms with Crippen molar-refractivity contribution in [1.82, 2.24) is 10.6 Å². The minimum atomic E-state index is -2.97. The van der Waals surface area contributed by atoms with E-state index in [4.69, 9.17) is 16.3 Å². The number of ether oxygens (including phenoxy) is 1. The fourth-order valence-corrected chi connectivity index (χ4v) is 2.40. The molecule has 0 aromatic heterocycles. The van der Waals surface area contributed by atoms with Crippen LogP contribution in [0.25, 0.3) is 0 Å². The van der Waals surface area contributed by atoms with E-state index >= 15 is 0 Å². The number of sulfone groups is 1. The average Bonchev–Trinajstić information content (AvgIpc) is 2.51. The molecule has 0 heterocycles. The summed E-state index contributed by atoms with van der Waals surface area (Å²) in [6, 6.07) is 7.77. The minimum Gasteiger partial charge on any atom is -0.378 e. The SMILES string of the molecule is CCNC(=NCCOCCS(C)(=O)=O)NCCc1ccc(Cl)cc1.I. The summed E-state index contributed by atoms with van der Waals surface area (Å²) in [5, 5.41) is 7.15. The van der Waals surface area contributed by atoms with Crippen LogP contribution in [0.2, 0.25) is 5.02 Å². The van der Waals surface area contributed by atoms with Gasteiger partial charge in [-0.15, -0.1) is 24.0 Å². The van der Waals surface area contributed by atoms with Gasteiger partial charge >= 0.3 is 0 Å². The number of halogens is 2. The highest BCUT2D eigenvalue weighted by atomic mass is 127. The molecule has 25 heavy (non-hydrogen) atoms. The maximum atomic E-state index is 11.0. The molecule has 0 spiro atoms. The summed E-state index contributed by atoms with van der Waals surface area (Å²) in [4.78, 5) is 4.39. The van der Waals surface area contributed by atoms with E-state index in [1.807, 2.05) is 31.2 Å². The summed E-state index contributed by atoms with van der Waals surface area (Å²) in [5.41, 5.74) is 1.20. The summed E-state index contributed by atoms with van der Waals surface area (Å²) in [6.45, 7) is 4.58. The van der Waals surface area contributed by atoms with Crippen molar-refractivity contribution in [2.24, 2.45) is 4.99 Å². The standard InChI is InChI=1S/C16H26ClN3O3S.HI/c1-3-18-16(20-10-11-23-12-13-24(2,21)22)19-9-8-14-4-6-15(17)7-5-14;/h4-7H,3,8-13H2,1-2H3,(H2,18,19,20);1H. The van der Waals surface area contributed by atoms with Crippen LogP contribution in [0.5, 0.6) is 0 Å². The van der Waals surface area contributed by atoms with Gasteiger partial charge < -0.3 is 15.4 Å². The number of nitrogens with zero attached hydrogens (tertiary/aromatic N) is 1. The van der Waals surface area contributed by atoms with Gasteiger partial charge in [-0.1, -0.05) is 23.7 Å². The molecule has 0 atom stereocenters. The largest absolute Gasteiger partial charge is 0.378 e. The summed E-state index contributed by atoms with van der Waals surface area (Å²) in [7, 11) is -2.97. The topological polar surface area (TPSA) is 79.8 Å². The second-order valence-electron chi connectivity index (χ2n) is 5.31. The molecule has 0 aliphatic carbocycles. The molecule has 6 nitrogen and oxygen atoms in total. The molecule has 0 fully saturated rings. The fraction of sp³-hybridized carbons (Fsp3) is 0.562. The van der Waals surface area contributed by atoms with Gasteiger partial charge in [0.2, 0.25) is 0 Å². The summed E-state index contributed by atoms with van der Waals surface area (Å²) >= 11 is 5.87. The summed E-state index contributed by atoms with van der Waals surface area (Å²) < 4.78 is 27.2. The Morgan fingerprint density at radius 3 is 2.48 bits per heavy atom. The number of aliphatic imine (C=N–C) groups is 1. The smallest absolute Gasteiger partial charge is 0.191 e. The molecule has 0 bridgehead atoms. The molecule has 0 aliphatic rings. The van der Waals surface area contributed by atoms with Gasteiger partial charge in [-0.2, -0.15) is 0 Å². The first-order chi connectivity index (χ1) is 11.4. The van der Waals surface area contributed by atoms with Crippen molar-refractivity contribution in [3.05, 3.63) is 34.9 Å². The number of hydrogen-bond acceptors (Lipinski definition) is 4. The Bertz CT molecular complexity index is 610. The zero-order valence-electron chi connectivity index (χ0n) is 14.6. The van der Waals surface area contributed by atoms with Crippen molar-refractivity contribution in [2.75, 3.05) is 44.9 Å². The molecule has 2 N–H and O–H groups in total. The van der Waals surface area contributed by atoms with Gasteiger partial charge in [0.25, 0.3) is 0 Å². The van der Waals surface area contributed by atoms with E-state index in [-0.39, 0.29) is 36.3 Å². The molecule has 0 radical (unpaired) electrons. The van der Waals surface area contributed by atoms with Crippen LogP contribution in [-0.4, -0.2) is 59.2 Å². The third-order valence-electron chi connectivity index (χ3n) is 3.07. The van der Waals surface area contributed by atoms with Crippen LogP contribution < -0.4 is 10.6 Å². The molecule has 9 heteroatoms. The molecular formula is C16H27ClIN3O3S. The predicted molar refractivity (Wildman–Crippen MR) is 115 cm³/mol. The van der Waals surface area contributed by atoms with Gasteiger partial charge in [0.1, 0.15) is 9.84 Å². The molecule has 1 aromatic rings. The lowest BCUT2D eigenvalue weighted by molar-refractivity contribution is 0.157. The van der Waals surface area contributed by atoms with Crippen LogP contribution in [-0.2, 0) is 21.0 Å². The van der Waals surface area contributed by atoms with Crippen molar-refractivity contribution in [3.63, 3.8) is 0 Å². The Morgan fingerprint density at radius 1 is 1.20 bits per heavy atom. The van der Waals surface area contributed by atoms with E-state index in [2.05, 4.69) is 15.6 Å². The molecule has 144 valence electrons. The zero-order valence-corrected chi connectivity index (χ0v) is 18.5. The number of benzene rings is 1. The first kappa shape index (κ1) is 24.4. The van der Waals surface area contributed by atoms with E-state index in [0.717, 1.165) is 30.5 Å². The van der Waals surface area contributed by atoms with E-state index in [9.17, 15) is 8.42 Å². The molecule has 0 saturated heterocycles. The van der Waals surface area contributed by atoms with Crippen molar-refractivity contribution in [2.45, 2.75) is 13.3 Å². The van der Waals surface area contributed by atoms with Crippen LogP contribution in [0.15, 0.2) is 29.3 Å². The minimum absolute atomic E-state index is 0. The molecular weight excluding hydrogens is 477 g/mol. The maximum absolute atomic E-state index is 11.0. The lowest BCUT2D eigenvalue weighted by Gasteiger charge is -2.11. The van der Waals surface area contributed by atoms with E-state index < -0.39 is 9.84 Å². The van der Waals surface area contributed by atoms with E-state index in [1.165, 1.54) is 11.8 Å². The molecule has 0 amide bonds. The highest BCUT2D eigenvalue weighted by Crippen LogP contribution is 2.09. The third kappa shape index (κ3) is 13.3. The molecule has 1 aromatic carbocycles. The summed E-state index contributed by atoms with van der Waals surface area (Å²) in [6.07, 6.45) is 2.06. The second-order valence-corrected chi connectivity index (χ2v) is 8.00. The number of rotatable bonds is 10. The predicted octanol–water partition coefficient (Wildman–Crippen LogP) is 2.12. The van der Waals surface area contributed by atoms with Gasteiger partial charge in [-0.05, 0) is 31.0 Å². The van der Waals surface area contributed by atoms with Gasteiger partial charge in [-0.25, -0.2) is 8.42 Å². The van der Waals surface area contributed by atoms with Crippen LogP contribution >= 0.6 is 35.6 Å². The third-order valence-corrected chi connectivity index (χ3v) is 4.23. The van der Waals surface area contributed by atoms with Crippen molar-refractivity contribution in [3.8, 4) is 0 Å². The molecule has 0 aliphatic heterocycles. The number of guanidine groups is 1. The Hall–Kier alpha value is -0.580. The Balaban J connectivity index is 0.00000576. The van der Waals surface area contributed by atoms with Crippen molar-refractivity contribution in [1.29, 1.82) is 0 Å². The second kappa shape index (κ2) is 13.6. The fourth-order valence-electron chi connectivity index (χ4n) is 1.85. The summed E-state index contributed by atoms with van der Waals surface area (Å²) in [5.74, 6) is 0.758. The lowest BCUT2D eigenvalue weighted by Crippen LogP contribution is -2.38. The van der Waals surface area contributed by atoms with E-state index in [1.54, 1.807) is 0 Å².